The minimum absolute atomic E-state index is 0.192. The van der Waals surface area contributed by atoms with Crippen LogP contribution in [0.1, 0.15) is 25.1 Å². The molecule has 0 unspecified atom stereocenters. The van der Waals surface area contributed by atoms with Crippen LogP contribution in [0.4, 0.5) is 0 Å². The molecule has 0 saturated heterocycles. The second kappa shape index (κ2) is 5.59. The van der Waals surface area contributed by atoms with Crippen molar-refractivity contribution in [3.8, 4) is 0 Å². The molecule has 2 N–H and O–H groups in total. The number of aryl methyl sites for hydroxylation is 1. The maximum absolute atomic E-state index is 10.4. The number of nitrogens with zero attached hydrogens (tertiary/aromatic N) is 1. The maximum Gasteiger partial charge on any atom is 0.303 e. The van der Waals surface area contributed by atoms with Gasteiger partial charge in [-0.05, 0) is 25.0 Å². The van der Waals surface area contributed by atoms with Crippen LogP contribution in [-0.4, -0.2) is 21.0 Å². The third kappa shape index (κ3) is 3.15. The highest BCUT2D eigenvalue weighted by atomic mass is 35.5. The zero-order chi connectivity index (χ0) is 13.1. The number of carbonyl (C=O) groups is 1. The lowest BCUT2D eigenvalue weighted by Gasteiger charge is -1.95. The monoisotopic (exact) mass is 286 g/mol. The third-order valence-corrected chi connectivity index (χ3v) is 3.35. The van der Waals surface area contributed by atoms with Crippen LogP contribution in [0, 0.1) is 0 Å². The number of rotatable bonds is 5. The number of aromatic nitrogens is 2. The molecule has 6 heteroatoms. The van der Waals surface area contributed by atoms with E-state index in [4.69, 9.17) is 28.3 Å². The summed E-state index contributed by atoms with van der Waals surface area (Å²) in [6, 6.07) is 3.46. The van der Waals surface area contributed by atoms with Crippen molar-refractivity contribution in [2.24, 2.45) is 0 Å². The van der Waals surface area contributed by atoms with E-state index < -0.39 is 5.97 Å². The fraction of sp³-hybridized carbons (Fsp3) is 0.333. The van der Waals surface area contributed by atoms with Gasteiger partial charge in [-0.2, -0.15) is 0 Å². The van der Waals surface area contributed by atoms with Crippen molar-refractivity contribution in [3.63, 3.8) is 0 Å². The van der Waals surface area contributed by atoms with Crippen LogP contribution >= 0.6 is 23.2 Å². The van der Waals surface area contributed by atoms with Crippen LogP contribution in [0.25, 0.3) is 11.0 Å². The predicted molar refractivity (Wildman–Crippen MR) is 71.3 cm³/mol. The number of imidazole rings is 1. The maximum atomic E-state index is 10.4. The number of aliphatic carboxylic acids is 1. The van der Waals surface area contributed by atoms with E-state index in [2.05, 4.69) is 9.97 Å². The molecule has 18 heavy (non-hydrogen) atoms. The Kier molecular flexibility index (Phi) is 4.09. The highest BCUT2D eigenvalue weighted by Gasteiger charge is 2.06. The van der Waals surface area contributed by atoms with Gasteiger partial charge in [-0.15, -0.1) is 0 Å². The Bertz CT molecular complexity index is 542. The lowest BCUT2D eigenvalue weighted by atomic mass is 10.2. The van der Waals surface area contributed by atoms with Gasteiger partial charge >= 0.3 is 5.97 Å². The number of carboxylic acids is 1. The van der Waals surface area contributed by atoms with E-state index in [0.29, 0.717) is 16.5 Å². The fourth-order valence-corrected chi connectivity index (χ4v) is 2.07. The number of carboxylic acid groups (broad SMARTS) is 1. The van der Waals surface area contributed by atoms with Crippen molar-refractivity contribution < 1.29 is 9.90 Å². The van der Waals surface area contributed by atoms with Gasteiger partial charge in [0.15, 0.2) is 0 Å². The first-order chi connectivity index (χ1) is 8.56. The van der Waals surface area contributed by atoms with Gasteiger partial charge in [0.05, 0.1) is 21.1 Å². The Morgan fingerprint density at radius 3 is 2.72 bits per heavy atom. The summed E-state index contributed by atoms with van der Waals surface area (Å²) in [5.74, 6) is 0.0619. The Hall–Kier alpha value is -1.26. The lowest BCUT2D eigenvalue weighted by molar-refractivity contribution is -0.137. The second-order valence-corrected chi connectivity index (χ2v) is 4.88. The van der Waals surface area contributed by atoms with Gasteiger partial charge in [0.2, 0.25) is 0 Å². The average molecular weight is 287 g/mol. The van der Waals surface area contributed by atoms with Crippen molar-refractivity contribution in [1.29, 1.82) is 0 Å². The summed E-state index contributed by atoms with van der Waals surface area (Å²) in [6.07, 6.45) is 2.34. The summed E-state index contributed by atoms with van der Waals surface area (Å²) in [5, 5.41) is 9.50. The zero-order valence-electron chi connectivity index (χ0n) is 9.54. The second-order valence-electron chi connectivity index (χ2n) is 4.07. The predicted octanol–water partition coefficient (Wildman–Crippen LogP) is 3.67. The van der Waals surface area contributed by atoms with Crippen LogP contribution in [0.2, 0.25) is 10.0 Å². The molecule has 96 valence electrons. The largest absolute Gasteiger partial charge is 0.481 e. The van der Waals surface area contributed by atoms with Crippen LogP contribution in [-0.2, 0) is 11.2 Å². The molecule has 4 nitrogen and oxygen atoms in total. The number of hydrogen-bond acceptors (Lipinski definition) is 2. The van der Waals surface area contributed by atoms with Crippen LogP contribution in [0.15, 0.2) is 12.1 Å². The quantitative estimate of drug-likeness (QED) is 0.824. The average Bonchev–Trinajstić information content (AvgIpc) is 2.67. The first-order valence-corrected chi connectivity index (χ1v) is 6.37. The Morgan fingerprint density at radius 2 is 2.00 bits per heavy atom. The number of aromatic amines is 1. The minimum atomic E-state index is -0.766. The lowest BCUT2D eigenvalue weighted by Crippen LogP contribution is -1.95. The number of benzene rings is 1. The molecule has 0 bridgehead atoms. The van der Waals surface area contributed by atoms with Crippen molar-refractivity contribution in [2.75, 3.05) is 0 Å². The van der Waals surface area contributed by atoms with Gasteiger partial charge < -0.3 is 10.1 Å². The van der Waals surface area contributed by atoms with E-state index in [9.17, 15) is 4.79 Å². The van der Waals surface area contributed by atoms with Crippen LogP contribution < -0.4 is 0 Å². The van der Waals surface area contributed by atoms with E-state index in [-0.39, 0.29) is 6.42 Å². The van der Waals surface area contributed by atoms with Crippen molar-refractivity contribution in [2.45, 2.75) is 25.7 Å². The minimum Gasteiger partial charge on any atom is -0.481 e. The Balaban J connectivity index is 2.04. The molecule has 0 aliphatic carbocycles. The van der Waals surface area contributed by atoms with Crippen molar-refractivity contribution in [1.82, 2.24) is 9.97 Å². The first-order valence-electron chi connectivity index (χ1n) is 5.61. The number of halogens is 2. The molecular formula is C12H12Cl2N2O2. The molecule has 0 radical (unpaired) electrons. The van der Waals surface area contributed by atoms with Crippen molar-refractivity contribution >= 4 is 40.2 Å². The summed E-state index contributed by atoms with van der Waals surface area (Å²) in [4.78, 5) is 17.9. The topological polar surface area (TPSA) is 66.0 Å². The first kappa shape index (κ1) is 13.2. The molecule has 2 aromatic rings. The van der Waals surface area contributed by atoms with E-state index >= 15 is 0 Å². The van der Waals surface area contributed by atoms with Crippen LogP contribution in [0.5, 0.6) is 0 Å². The van der Waals surface area contributed by atoms with Crippen LogP contribution in [0.3, 0.4) is 0 Å². The van der Waals surface area contributed by atoms with Gasteiger partial charge in [0.1, 0.15) is 5.82 Å². The third-order valence-electron chi connectivity index (χ3n) is 2.63. The van der Waals surface area contributed by atoms with Crippen molar-refractivity contribution in [3.05, 3.63) is 28.0 Å². The summed E-state index contributed by atoms with van der Waals surface area (Å²) in [5.41, 5.74) is 1.62. The number of H-pyrrole nitrogens is 1. The number of unbranched alkanes of at least 4 members (excludes halogenated alkanes) is 1. The van der Waals surface area contributed by atoms with E-state index in [0.717, 1.165) is 29.7 Å². The molecule has 1 aromatic heterocycles. The molecule has 0 fully saturated rings. The highest BCUT2D eigenvalue weighted by Crippen LogP contribution is 2.26. The fourth-order valence-electron chi connectivity index (χ4n) is 1.74. The SMILES string of the molecule is O=C(O)CCCCc1nc2cc(Cl)c(Cl)cc2[nH]1. The smallest absolute Gasteiger partial charge is 0.303 e. The van der Waals surface area contributed by atoms with Gasteiger partial charge in [-0.25, -0.2) is 4.98 Å². The molecule has 0 saturated carbocycles. The van der Waals surface area contributed by atoms with E-state index in [1.54, 1.807) is 12.1 Å². The Morgan fingerprint density at radius 1 is 1.28 bits per heavy atom. The summed E-state index contributed by atoms with van der Waals surface area (Å²) >= 11 is 11.8. The molecule has 0 aliphatic rings. The summed E-state index contributed by atoms with van der Waals surface area (Å²) in [6.45, 7) is 0. The standard InChI is InChI=1S/C12H12Cl2N2O2/c13-7-5-9-10(6-8(7)14)16-11(15-9)3-1-2-4-12(17)18/h5-6H,1-4H2,(H,15,16)(H,17,18). The molecule has 2 rings (SSSR count). The number of hydrogen-bond donors (Lipinski definition) is 2. The Labute approximate surface area is 114 Å². The van der Waals surface area contributed by atoms with Gasteiger partial charge in [0, 0.05) is 12.8 Å². The van der Waals surface area contributed by atoms with Gasteiger partial charge in [-0.1, -0.05) is 23.2 Å². The van der Waals surface area contributed by atoms with Gasteiger partial charge in [0.25, 0.3) is 0 Å². The zero-order valence-corrected chi connectivity index (χ0v) is 11.1. The summed E-state index contributed by atoms with van der Waals surface area (Å²) < 4.78 is 0. The molecular weight excluding hydrogens is 275 g/mol. The number of fused-ring (bicyclic) bond motifs is 1. The highest BCUT2D eigenvalue weighted by molar-refractivity contribution is 6.42. The number of nitrogens with one attached hydrogen (secondary N) is 1. The van der Waals surface area contributed by atoms with Gasteiger partial charge in [-0.3, -0.25) is 4.79 Å². The molecule has 0 atom stereocenters. The van der Waals surface area contributed by atoms with E-state index in [1.807, 2.05) is 0 Å². The molecule has 0 aliphatic heterocycles. The normalized spacial score (nSPS) is 11.0. The molecule has 1 heterocycles. The molecule has 0 spiro atoms. The summed E-state index contributed by atoms with van der Waals surface area (Å²) in [7, 11) is 0. The van der Waals surface area contributed by atoms with E-state index in [1.165, 1.54) is 0 Å². The molecule has 1 aromatic carbocycles. The molecule has 0 amide bonds.